The Morgan fingerprint density at radius 2 is 2.00 bits per heavy atom. The highest BCUT2D eigenvalue weighted by molar-refractivity contribution is 5.32. The minimum Gasteiger partial charge on any atom is -0.491 e. The number of ether oxygens (including phenoxy) is 1. The van der Waals surface area contributed by atoms with Gasteiger partial charge in [-0.3, -0.25) is 0 Å². The van der Waals surface area contributed by atoms with Crippen LogP contribution in [-0.2, 0) is 0 Å². The molecule has 1 atom stereocenters. The molecule has 0 saturated heterocycles. The van der Waals surface area contributed by atoms with E-state index in [9.17, 15) is 5.11 Å². The molecule has 3 nitrogen and oxygen atoms in total. The number of hydrogen-bond acceptors (Lipinski definition) is 3. The van der Waals surface area contributed by atoms with Gasteiger partial charge in [0.2, 0.25) is 0 Å². The standard InChI is InChI=1S/C14H21NO2/c1-4-5-15-9-13(16)10-17-14-7-11(2)6-12(3)8-14/h4,6-8,13,15-16H,1,5,9-10H2,2-3H3/t13-/m1/s1. The second-order valence-electron chi connectivity index (χ2n) is 4.24. The molecular weight excluding hydrogens is 214 g/mol. The van der Waals surface area contributed by atoms with Crippen LogP contribution in [0.1, 0.15) is 11.1 Å². The molecule has 17 heavy (non-hydrogen) atoms. The van der Waals surface area contributed by atoms with Crippen molar-refractivity contribution in [3.63, 3.8) is 0 Å². The molecule has 0 aliphatic carbocycles. The zero-order valence-corrected chi connectivity index (χ0v) is 10.6. The molecule has 0 bridgehead atoms. The van der Waals surface area contributed by atoms with Crippen molar-refractivity contribution in [3.8, 4) is 5.75 Å². The quantitative estimate of drug-likeness (QED) is 0.559. The molecule has 0 spiro atoms. The van der Waals surface area contributed by atoms with Crippen molar-refractivity contribution in [1.29, 1.82) is 0 Å². The summed E-state index contributed by atoms with van der Waals surface area (Å²) in [5.41, 5.74) is 2.33. The number of aryl methyl sites for hydroxylation is 2. The van der Waals surface area contributed by atoms with Crippen LogP contribution in [0.5, 0.6) is 5.75 Å². The lowest BCUT2D eigenvalue weighted by atomic mass is 10.1. The molecule has 0 heterocycles. The van der Waals surface area contributed by atoms with E-state index in [0.29, 0.717) is 19.7 Å². The van der Waals surface area contributed by atoms with E-state index in [1.807, 2.05) is 26.0 Å². The molecule has 0 saturated carbocycles. The summed E-state index contributed by atoms with van der Waals surface area (Å²) < 4.78 is 5.54. The van der Waals surface area contributed by atoms with Crippen molar-refractivity contribution in [2.45, 2.75) is 20.0 Å². The minimum atomic E-state index is -0.504. The van der Waals surface area contributed by atoms with Gasteiger partial charge in [-0.05, 0) is 37.1 Å². The van der Waals surface area contributed by atoms with Crippen LogP contribution in [0.25, 0.3) is 0 Å². The van der Waals surface area contributed by atoms with Crippen LogP contribution in [0.2, 0.25) is 0 Å². The summed E-state index contributed by atoms with van der Waals surface area (Å²) in [6.07, 6.45) is 1.26. The molecule has 1 aromatic carbocycles. The summed E-state index contributed by atoms with van der Waals surface area (Å²) in [6.45, 7) is 9.16. The third-order valence-electron chi connectivity index (χ3n) is 2.31. The molecule has 1 rings (SSSR count). The van der Waals surface area contributed by atoms with E-state index in [0.717, 1.165) is 5.75 Å². The molecule has 2 N–H and O–H groups in total. The Hall–Kier alpha value is -1.32. The van der Waals surface area contributed by atoms with E-state index in [2.05, 4.69) is 18.0 Å². The molecule has 0 radical (unpaired) electrons. The van der Waals surface area contributed by atoms with Gasteiger partial charge in [0.05, 0.1) is 0 Å². The number of rotatable bonds is 7. The summed E-state index contributed by atoms with van der Waals surface area (Å²) in [5.74, 6) is 0.810. The zero-order chi connectivity index (χ0) is 12.7. The highest BCUT2D eigenvalue weighted by atomic mass is 16.5. The second kappa shape index (κ2) is 7.09. The largest absolute Gasteiger partial charge is 0.491 e. The normalized spacial score (nSPS) is 12.2. The first-order valence-corrected chi connectivity index (χ1v) is 5.82. The third-order valence-corrected chi connectivity index (χ3v) is 2.31. The lowest BCUT2D eigenvalue weighted by Gasteiger charge is -2.13. The summed E-state index contributed by atoms with van der Waals surface area (Å²) >= 11 is 0. The third kappa shape index (κ3) is 5.52. The Kier molecular flexibility index (Phi) is 5.73. The first kappa shape index (κ1) is 13.7. The Bertz CT molecular complexity index is 343. The van der Waals surface area contributed by atoms with Crippen molar-refractivity contribution in [2.24, 2.45) is 0 Å². The highest BCUT2D eigenvalue weighted by Crippen LogP contribution is 2.16. The molecule has 1 aromatic rings. The first-order valence-electron chi connectivity index (χ1n) is 5.82. The Balaban J connectivity index is 2.36. The van der Waals surface area contributed by atoms with Gasteiger partial charge in [0.25, 0.3) is 0 Å². The fourth-order valence-corrected chi connectivity index (χ4v) is 1.62. The fraction of sp³-hybridized carbons (Fsp3) is 0.429. The van der Waals surface area contributed by atoms with Crippen molar-refractivity contribution < 1.29 is 9.84 Å². The lowest BCUT2D eigenvalue weighted by Crippen LogP contribution is -2.31. The van der Waals surface area contributed by atoms with Gasteiger partial charge in [0.1, 0.15) is 18.5 Å². The number of aliphatic hydroxyl groups is 1. The molecule has 0 fully saturated rings. The lowest BCUT2D eigenvalue weighted by molar-refractivity contribution is 0.107. The summed E-state index contributed by atoms with van der Waals surface area (Å²) in [5, 5.41) is 12.7. The van der Waals surface area contributed by atoms with E-state index in [1.54, 1.807) is 6.08 Å². The molecule has 0 aromatic heterocycles. The van der Waals surface area contributed by atoms with Gasteiger partial charge in [-0.25, -0.2) is 0 Å². The van der Waals surface area contributed by atoms with Crippen LogP contribution in [0.15, 0.2) is 30.9 Å². The van der Waals surface area contributed by atoms with Gasteiger partial charge in [0.15, 0.2) is 0 Å². The number of nitrogens with one attached hydrogen (secondary N) is 1. The van der Waals surface area contributed by atoms with Gasteiger partial charge in [-0.2, -0.15) is 0 Å². The number of hydrogen-bond donors (Lipinski definition) is 2. The Morgan fingerprint density at radius 1 is 1.35 bits per heavy atom. The number of aliphatic hydroxyl groups excluding tert-OH is 1. The highest BCUT2D eigenvalue weighted by Gasteiger charge is 2.04. The summed E-state index contributed by atoms with van der Waals surface area (Å²) in [7, 11) is 0. The van der Waals surface area contributed by atoms with Gasteiger partial charge in [-0.15, -0.1) is 6.58 Å². The van der Waals surface area contributed by atoms with Gasteiger partial charge in [0, 0.05) is 13.1 Å². The van der Waals surface area contributed by atoms with Crippen molar-refractivity contribution in [2.75, 3.05) is 19.7 Å². The van der Waals surface area contributed by atoms with E-state index in [1.165, 1.54) is 11.1 Å². The maximum Gasteiger partial charge on any atom is 0.119 e. The topological polar surface area (TPSA) is 41.5 Å². The zero-order valence-electron chi connectivity index (χ0n) is 10.6. The van der Waals surface area contributed by atoms with Crippen LogP contribution in [0.3, 0.4) is 0 Å². The van der Waals surface area contributed by atoms with Crippen LogP contribution in [0, 0.1) is 13.8 Å². The summed E-state index contributed by atoms with van der Waals surface area (Å²) in [6, 6.07) is 6.03. The van der Waals surface area contributed by atoms with Crippen molar-refractivity contribution in [3.05, 3.63) is 42.0 Å². The predicted octanol–water partition coefficient (Wildman–Crippen LogP) is 1.82. The van der Waals surface area contributed by atoms with E-state index < -0.39 is 6.10 Å². The Morgan fingerprint density at radius 3 is 2.59 bits per heavy atom. The smallest absolute Gasteiger partial charge is 0.119 e. The molecule has 0 amide bonds. The Labute approximate surface area is 103 Å². The average Bonchev–Trinajstić information content (AvgIpc) is 2.25. The maximum absolute atomic E-state index is 9.65. The number of benzene rings is 1. The first-order chi connectivity index (χ1) is 8.11. The summed E-state index contributed by atoms with van der Waals surface area (Å²) in [4.78, 5) is 0. The van der Waals surface area contributed by atoms with Crippen molar-refractivity contribution >= 4 is 0 Å². The van der Waals surface area contributed by atoms with Crippen LogP contribution >= 0.6 is 0 Å². The molecule has 0 aliphatic heterocycles. The van der Waals surface area contributed by atoms with Crippen LogP contribution in [-0.4, -0.2) is 30.9 Å². The minimum absolute atomic E-state index is 0.299. The fourth-order valence-electron chi connectivity index (χ4n) is 1.62. The van der Waals surface area contributed by atoms with Gasteiger partial charge in [-0.1, -0.05) is 12.1 Å². The molecule has 94 valence electrons. The molecule has 0 unspecified atom stereocenters. The van der Waals surface area contributed by atoms with Crippen LogP contribution < -0.4 is 10.1 Å². The van der Waals surface area contributed by atoms with E-state index in [-0.39, 0.29) is 0 Å². The second-order valence-corrected chi connectivity index (χ2v) is 4.24. The average molecular weight is 235 g/mol. The SMILES string of the molecule is C=CCNC[C@@H](O)COc1cc(C)cc(C)c1. The molecular formula is C14H21NO2. The van der Waals surface area contributed by atoms with Crippen molar-refractivity contribution in [1.82, 2.24) is 5.32 Å². The monoisotopic (exact) mass is 235 g/mol. The molecule has 0 aliphatic rings. The van der Waals surface area contributed by atoms with Gasteiger partial charge < -0.3 is 15.2 Å². The van der Waals surface area contributed by atoms with E-state index >= 15 is 0 Å². The van der Waals surface area contributed by atoms with Gasteiger partial charge >= 0.3 is 0 Å². The maximum atomic E-state index is 9.65. The predicted molar refractivity (Wildman–Crippen MR) is 70.5 cm³/mol. The molecule has 3 heteroatoms. The van der Waals surface area contributed by atoms with Crippen LogP contribution in [0.4, 0.5) is 0 Å². The van der Waals surface area contributed by atoms with E-state index in [4.69, 9.17) is 4.74 Å².